The molecule has 1 aromatic carbocycles. The minimum Gasteiger partial charge on any atom is -0.490 e. The number of hydrogen-bond acceptors (Lipinski definition) is 5. The van der Waals surface area contributed by atoms with E-state index in [1.807, 2.05) is 0 Å². The fourth-order valence-electron chi connectivity index (χ4n) is 2.06. The number of fused-ring (bicyclic) bond motifs is 1. The van der Waals surface area contributed by atoms with Crippen molar-refractivity contribution in [1.29, 1.82) is 0 Å². The fourth-order valence-corrected chi connectivity index (χ4v) is 2.06. The second-order valence-corrected chi connectivity index (χ2v) is 3.91. The van der Waals surface area contributed by atoms with E-state index in [-0.39, 0.29) is 22.4 Å². The SMILES string of the molecule is COC(=O)c1cn(C)c2ccc(OC)c([N+](=O)[O-])c12. The molecular formula is C12H12N2O5. The molecule has 0 fully saturated rings. The highest BCUT2D eigenvalue weighted by atomic mass is 16.6. The number of rotatable bonds is 3. The molecule has 0 aliphatic rings. The zero-order chi connectivity index (χ0) is 14.2. The number of nitro benzene ring substituents is 1. The van der Waals surface area contributed by atoms with Gasteiger partial charge in [-0.2, -0.15) is 0 Å². The average molecular weight is 264 g/mol. The van der Waals surface area contributed by atoms with Crippen LogP contribution in [0.15, 0.2) is 18.3 Å². The second-order valence-electron chi connectivity index (χ2n) is 3.91. The number of hydrogen-bond donors (Lipinski definition) is 0. The number of carbonyl (C=O) groups excluding carboxylic acids is 1. The minimum absolute atomic E-state index is 0.105. The maximum Gasteiger partial charge on any atom is 0.340 e. The van der Waals surface area contributed by atoms with Gasteiger partial charge in [-0.3, -0.25) is 10.1 Å². The molecule has 0 amide bonds. The van der Waals surface area contributed by atoms with E-state index >= 15 is 0 Å². The predicted molar refractivity (Wildman–Crippen MR) is 67.5 cm³/mol. The molecule has 1 aromatic heterocycles. The number of ether oxygens (including phenoxy) is 2. The molecule has 0 aliphatic carbocycles. The summed E-state index contributed by atoms with van der Waals surface area (Å²) in [6.07, 6.45) is 1.50. The summed E-state index contributed by atoms with van der Waals surface area (Å²) in [7, 11) is 4.27. The molecule has 0 unspecified atom stereocenters. The Kier molecular flexibility index (Phi) is 3.12. The Labute approximate surface area is 108 Å². The number of esters is 1. The molecule has 2 rings (SSSR count). The lowest BCUT2D eigenvalue weighted by atomic mass is 10.1. The maximum absolute atomic E-state index is 11.7. The number of nitro groups is 1. The monoisotopic (exact) mass is 264 g/mol. The van der Waals surface area contributed by atoms with Gasteiger partial charge in [-0.05, 0) is 12.1 Å². The Morgan fingerprint density at radius 3 is 2.58 bits per heavy atom. The van der Waals surface area contributed by atoms with Crippen LogP contribution in [0.5, 0.6) is 5.75 Å². The molecule has 1 heterocycles. The maximum atomic E-state index is 11.7. The van der Waals surface area contributed by atoms with Crippen molar-refractivity contribution >= 4 is 22.6 Å². The zero-order valence-corrected chi connectivity index (χ0v) is 10.7. The van der Waals surface area contributed by atoms with Gasteiger partial charge < -0.3 is 14.0 Å². The minimum atomic E-state index is -0.623. The summed E-state index contributed by atoms with van der Waals surface area (Å²) >= 11 is 0. The van der Waals surface area contributed by atoms with Crippen LogP contribution in [0.2, 0.25) is 0 Å². The molecule has 19 heavy (non-hydrogen) atoms. The number of aryl methyl sites for hydroxylation is 1. The smallest absolute Gasteiger partial charge is 0.340 e. The third kappa shape index (κ3) is 1.88. The van der Waals surface area contributed by atoms with Crippen LogP contribution in [0.3, 0.4) is 0 Å². The Hall–Kier alpha value is -2.57. The van der Waals surface area contributed by atoms with Crippen molar-refractivity contribution in [2.24, 2.45) is 7.05 Å². The molecule has 0 saturated heterocycles. The summed E-state index contributed by atoms with van der Waals surface area (Å²) in [5.41, 5.74) is 0.472. The van der Waals surface area contributed by atoms with E-state index in [1.165, 1.54) is 26.5 Å². The van der Waals surface area contributed by atoms with Crippen molar-refractivity contribution in [1.82, 2.24) is 4.57 Å². The largest absolute Gasteiger partial charge is 0.490 e. The third-order valence-corrected chi connectivity index (χ3v) is 2.90. The van der Waals surface area contributed by atoms with E-state index in [1.54, 1.807) is 17.7 Å². The number of carbonyl (C=O) groups is 1. The van der Waals surface area contributed by atoms with Gasteiger partial charge >= 0.3 is 11.7 Å². The number of methoxy groups -OCH3 is 2. The van der Waals surface area contributed by atoms with E-state index in [0.29, 0.717) is 5.52 Å². The highest BCUT2D eigenvalue weighted by Gasteiger charge is 2.27. The molecule has 2 aromatic rings. The summed E-state index contributed by atoms with van der Waals surface area (Å²) < 4.78 is 11.3. The van der Waals surface area contributed by atoms with Crippen molar-refractivity contribution < 1.29 is 19.2 Å². The van der Waals surface area contributed by atoms with Gasteiger partial charge in [0, 0.05) is 13.2 Å². The highest BCUT2D eigenvalue weighted by Crippen LogP contribution is 2.38. The first-order valence-corrected chi connectivity index (χ1v) is 5.40. The van der Waals surface area contributed by atoms with Gasteiger partial charge in [0.25, 0.3) is 0 Å². The van der Waals surface area contributed by atoms with Gasteiger partial charge in [0.1, 0.15) is 0 Å². The first-order chi connectivity index (χ1) is 9.01. The van der Waals surface area contributed by atoms with Crippen LogP contribution in [0.25, 0.3) is 10.9 Å². The van der Waals surface area contributed by atoms with E-state index in [2.05, 4.69) is 4.74 Å². The van der Waals surface area contributed by atoms with Gasteiger partial charge in [-0.25, -0.2) is 4.79 Å². The molecule has 0 atom stereocenters. The number of aromatic nitrogens is 1. The Balaban J connectivity index is 2.92. The normalized spacial score (nSPS) is 10.5. The first-order valence-electron chi connectivity index (χ1n) is 5.40. The van der Waals surface area contributed by atoms with Crippen LogP contribution in [0.4, 0.5) is 5.69 Å². The van der Waals surface area contributed by atoms with Crippen LogP contribution in [-0.2, 0) is 11.8 Å². The molecule has 0 bridgehead atoms. The van der Waals surface area contributed by atoms with E-state index in [0.717, 1.165) is 0 Å². The molecule has 0 spiro atoms. The Morgan fingerprint density at radius 2 is 2.05 bits per heavy atom. The summed E-state index contributed by atoms with van der Waals surface area (Å²) in [5.74, 6) is -0.518. The van der Waals surface area contributed by atoms with Crippen LogP contribution in [0, 0.1) is 10.1 Å². The standard InChI is InChI=1S/C12H12N2O5/c1-13-6-7(12(15)19-3)10-8(13)4-5-9(18-2)11(10)14(16)17/h4-6H,1-3H3. The second kappa shape index (κ2) is 4.60. The molecule has 0 radical (unpaired) electrons. The average Bonchev–Trinajstić information content (AvgIpc) is 2.74. The molecule has 7 heteroatoms. The summed E-state index contributed by atoms with van der Waals surface area (Å²) in [4.78, 5) is 22.4. The quantitative estimate of drug-likeness (QED) is 0.480. The topological polar surface area (TPSA) is 83.6 Å². The van der Waals surface area contributed by atoms with Crippen molar-refractivity contribution in [3.8, 4) is 5.75 Å². The summed E-state index contributed by atoms with van der Waals surface area (Å²) in [6.45, 7) is 0. The molecule has 0 aliphatic heterocycles. The summed E-state index contributed by atoms with van der Waals surface area (Å²) in [6, 6.07) is 3.16. The zero-order valence-electron chi connectivity index (χ0n) is 10.7. The predicted octanol–water partition coefficient (Wildman–Crippen LogP) is 1.88. The van der Waals surface area contributed by atoms with Gasteiger partial charge in [-0.1, -0.05) is 0 Å². The van der Waals surface area contributed by atoms with Crippen LogP contribution < -0.4 is 4.74 Å². The first kappa shape index (κ1) is 12.9. The lowest BCUT2D eigenvalue weighted by Crippen LogP contribution is -2.02. The highest BCUT2D eigenvalue weighted by molar-refractivity contribution is 6.09. The van der Waals surface area contributed by atoms with Gasteiger partial charge in [0.2, 0.25) is 0 Å². The Bertz CT molecular complexity index is 674. The van der Waals surface area contributed by atoms with Crippen LogP contribution >= 0.6 is 0 Å². The fraction of sp³-hybridized carbons (Fsp3) is 0.250. The van der Waals surface area contributed by atoms with Crippen molar-refractivity contribution in [3.05, 3.63) is 34.0 Å². The molecular weight excluding hydrogens is 252 g/mol. The van der Waals surface area contributed by atoms with Crippen molar-refractivity contribution in [2.45, 2.75) is 0 Å². The van der Waals surface area contributed by atoms with Crippen molar-refractivity contribution in [2.75, 3.05) is 14.2 Å². The van der Waals surface area contributed by atoms with E-state index in [4.69, 9.17) is 4.74 Å². The molecule has 0 N–H and O–H groups in total. The van der Waals surface area contributed by atoms with Gasteiger partial charge in [-0.15, -0.1) is 0 Å². The third-order valence-electron chi connectivity index (χ3n) is 2.90. The van der Waals surface area contributed by atoms with E-state index in [9.17, 15) is 14.9 Å². The van der Waals surface area contributed by atoms with Crippen LogP contribution in [-0.4, -0.2) is 29.7 Å². The Morgan fingerprint density at radius 1 is 1.37 bits per heavy atom. The lowest BCUT2D eigenvalue weighted by molar-refractivity contribution is -0.383. The van der Waals surface area contributed by atoms with Gasteiger partial charge in [0.15, 0.2) is 5.75 Å². The van der Waals surface area contributed by atoms with Crippen molar-refractivity contribution in [3.63, 3.8) is 0 Å². The lowest BCUT2D eigenvalue weighted by Gasteiger charge is -2.04. The summed E-state index contributed by atoms with van der Waals surface area (Å²) in [5, 5.41) is 11.5. The van der Waals surface area contributed by atoms with Gasteiger partial charge in [0.05, 0.1) is 35.6 Å². The molecule has 7 nitrogen and oxygen atoms in total. The molecule has 0 saturated carbocycles. The van der Waals surface area contributed by atoms with Crippen LogP contribution in [0.1, 0.15) is 10.4 Å². The number of nitrogens with zero attached hydrogens (tertiary/aromatic N) is 2. The molecule has 100 valence electrons. The number of benzene rings is 1. The van der Waals surface area contributed by atoms with E-state index < -0.39 is 10.9 Å².